The van der Waals surface area contributed by atoms with Crippen LogP contribution in [0.25, 0.3) is 20.8 Å². The van der Waals surface area contributed by atoms with Crippen LogP contribution in [0.2, 0.25) is 0 Å². The molecule has 0 saturated carbocycles. The molecule has 1 fully saturated rings. The molecule has 286 valence electrons. The lowest BCUT2D eigenvalue weighted by Gasteiger charge is -2.39. The van der Waals surface area contributed by atoms with Gasteiger partial charge < -0.3 is 39.4 Å². The third kappa shape index (κ3) is 11.7. The Kier molecular flexibility index (Phi) is 13.6. The van der Waals surface area contributed by atoms with E-state index in [4.69, 9.17) is 18.9 Å². The van der Waals surface area contributed by atoms with E-state index < -0.39 is 35.2 Å². The number of hydrogen-bond acceptors (Lipinski definition) is 10. The van der Waals surface area contributed by atoms with Crippen molar-refractivity contribution in [1.82, 2.24) is 25.1 Å². The lowest BCUT2D eigenvalue weighted by atomic mass is 10.1. The van der Waals surface area contributed by atoms with Gasteiger partial charge in [-0.2, -0.15) is 0 Å². The van der Waals surface area contributed by atoms with Gasteiger partial charge in [0.25, 0.3) is 0 Å². The van der Waals surface area contributed by atoms with E-state index in [2.05, 4.69) is 20.6 Å². The molecule has 0 bridgehead atoms. The number of ether oxygens (including phenoxy) is 4. The number of rotatable bonds is 10. The number of thiophene rings is 1. The van der Waals surface area contributed by atoms with Crippen molar-refractivity contribution < 1.29 is 37.7 Å². The third-order valence-corrected chi connectivity index (χ3v) is 8.48. The molecule has 13 nitrogen and oxygen atoms in total. The van der Waals surface area contributed by atoms with E-state index in [1.54, 1.807) is 51.2 Å². The van der Waals surface area contributed by atoms with Gasteiger partial charge in [0, 0.05) is 57.0 Å². The van der Waals surface area contributed by atoms with E-state index in [0.29, 0.717) is 54.4 Å². The molecule has 53 heavy (non-hydrogen) atoms. The molecule has 1 saturated heterocycles. The molecular weight excluding hydrogens is 704 g/mol. The number of anilines is 1. The average Bonchev–Trinajstić information content (AvgIpc) is 3.51. The highest BCUT2D eigenvalue weighted by Crippen LogP contribution is 2.39. The number of urea groups is 1. The van der Waals surface area contributed by atoms with Crippen molar-refractivity contribution in [1.29, 1.82) is 0 Å². The van der Waals surface area contributed by atoms with Crippen LogP contribution in [0.15, 0.2) is 54.9 Å². The number of amides is 4. The summed E-state index contributed by atoms with van der Waals surface area (Å²) in [5, 5.41) is 5.38. The molecule has 1 aliphatic rings. The molecule has 2 N–H and O–H groups in total. The molecule has 0 spiro atoms. The highest BCUT2D eigenvalue weighted by atomic mass is 32.1. The smallest absolute Gasteiger partial charge is 0.410 e. The number of pyridine rings is 2. The molecule has 1 aromatic carbocycles. The number of carbonyl (C=O) groups is 3. The third-order valence-electron chi connectivity index (χ3n) is 7.32. The number of carbonyl (C=O) groups excluding carboxylic acids is 3. The summed E-state index contributed by atoms with van der Waals surface area (Å²) in [7, 11) is 1.58. The predicted molar refractivity (Wildman–Crippen MR) is 203 cm³/mol. The minimum atomic E-state index is -0.669. The van der Waals surface area contributed by atoms with Gasteiger partial charge in [0.1, 0.15) is 17.0 Å². The highest BCUT2D eigenvalue weighted by Gasteiger charge is 2.34. The van der Waals surface area contributed by atoms with E-state index in [0.717, 1.165) is 10.4 Å². The fourth-order valence-electron chi connectivity index (χ4n) is 4.95. The zero-order chi connectivity index (χ0) is 38.9. The maximum absolute atomic E-state index is 15.2. The van der Waals surface area contributed by atoms with Gasteiger partial charge in [-0.1, -0.05) is 19.9 Å². The van der Waals surface area contributed by atoms with E-state index in [-0.39, 0.29) is 17.5 Å². The molecule has 3 aromatic heterocycles. The van der Waals surface area contributed by atoms with Crippen LogP contribution in [0.5, 0.6) is 11.5 Å². The molecule has 0 atom stereocenters. The minimum absolute atomic E-state index is 0.0269. The lowest BCUT2D eigenvalue weighted by Crippen LogP contribution is -2.62. The van der Waals surface area contributed by atoms with Crippen molar-refractivity contribution in [2.45, 2.75) is 79.2 Å². The summed E-state index contributed by atoms with van der Waals surface area (Å²) in [6.07, 6.45) is 2.43. The van der Waals surface area contributed by atoms with Gasteiger partial charge in [0.05, 0.1) is 40.0 Å². The van der Waals surface area contributed by atoms with Gasteiger partial charge >= 0.3 is 18.2 Å². The fourth-order valence-corrected chi connectivity index (χ4v) is 5.99. The summed E-state index contributed by atoms with van der Waals surface area (Å²) >= 11 is 1.40. The van der Waals surface area contributed by atoms with Gasteiger partial charge in [-0.15, -0.1) is 11.3 Å². The first-order valence-electron chi connectivity index (χ1n) is 17.4. The monoisotopic (exact) mass is 752 g/mol. The number of fused-ring (bicyclic) bond motifs is 1. The number of likely N-dealkylation sites (tertiary alicyclic amines) is 1. The number of benzene rings is 1. The molecular formula is C38H49FN6O7S. The zero-order valence-corrected chi connectivity index (χ0v) is 32.6. The lowest BCUT2D eigenvalue weighted by molar-refractivity contribution is 0.00643. The number of halogens is 1. The van der Waals surface area contributed by atoms with Crippen molar-refractivity contribution >= 4 is 45.5 Å². The molecule has 1 aliphatic heterocycles. The number of nitrogens with one attached hydrogen (secondary N) is 2. The predicted octanol–water partition coefficient (Wildman–Crippen LogP) is 8.44. The minimum Gasteiger partial charge on any atom is -0.453 e. The molecule has 0 radical (unpaired) electrons. The molecule has 0 unspecified atom stereocenters. The van der Waals surface area contributed by atoms with E-state index in [9.17, 15) is 14.4 Å². The standard InChI is InChI=1S/C36H43FN6O7S.C2H6/c1-35(2,3)49-33(45)42(14-15-47-7)19-22-8-10-26(39-18-22)30-17-27-31(51-30)29(12-13-38-27)48-28-11-9-23(16-25(28)37)40-32(44)41-24-20-43(21-24)34(46)50-36(4,5)6;1-2/h8-13,16-18,24H,14-15,19-21H2,1-7H3,(H2,40,41,44);1-2H3. The average molecular weight is 753 g/mol. The SMILES string of the molecule is CC.COCCN(Cc1ccc(-c2cc3nccc(Oc4ccc(NC(=O)NC5CN(C(=O)OC(C)(C)C)C5)cc4F)c3s2)nc1)C(=O)OC(C)(C)C. The Labute approximate surface area is 313 Å². The molecule has 4 aromatic rings. The molecule has 4 heterocycles. The maximum atomic E-state index is 15.2. The first-order valence-corrected chi connectivity index (χ1v) is 18.2. The van der Waals surface area contributed by atoms with Crippen molar-refractivity contribution in [2.24, 2.45) is 0 Å². The summed E-state index contributed by atoms with van der Waals surface area (Å²) in [4.78, 5) is 50.4. The van der Waals surface area contributed by atoms with E-state index >= 15 is 4.39 Å². The first-order chi connectivity index (χ1) is 25.1. The fraction of sp³-hybridized carbons (Fsp3) is 0.447. The Balaban J connectivity index is 0.00000308. The van der Waals surface area contributed by atoms with Crippen molar-refractivity contribution in [3.05, 3.63) is 66.2 Å². The summed E-state index contributed by atoms with van der Waals surface area (Å²) in [5.41, 5.74) is 1.19. The second-order valence-corrected chi connectivity index (χ2v) is 15.1. The zero-order valence-electron chi connectivity index (χ0n) is 31.7. The molecule has 0 aliphatic carbocycles. The Hall–Kier alpha value is -5.02. The van der Waals surface area contributed by atoms with Crippen LogP contribution in [-0.4, -0.2) is 88.6 Å². The summed E-state index contributed by atoms with van der Waals surface area (Å²) < 4.78 is 37.9. The quantitative estimate of drug-likeness (QED) is 0.163. The maximum Gasteiger partial charge on any atom is 0.410 e. The van der Waals surface area contributed by atoms with Crippen LogP contribution in [0.4, 0.5) is 24.5 Å². The first kappa shape index (κ1) is 40.7. The van der Waals surface area contributed by atoms with Crippen molar-refractivity contribution in [3.63, 3.8) is 0 Å². The van der Waals surface area contributed by atoms with Gasteiger partial charge in [-0.25, -0.2) is 18.8 Å². The van der Waals surface area contributed by atoms with Crippen molar-refractivity contribution in [2.75, 3.05) is 38.7 Å². The largest absolute Gasteiger partial charge is 0.453 e. The van der Waals surface area contributed by atoms with Crippen LogP contribution in [0.3, 0.4) is 0 Å². The van der Waals surface area contributed by atoms with Gasteiger partial charge in [-0.05, 0) is 71.4 Å². The summed E-state index contributed by atoms with van der Waals surface area (Å²) in [5.74, 6) is -0.283. The van der Waals surface area contributed by atoms with Crippen LogP contribution < -0.4 is 15.4 Å². The second kappa shape index (κ2) is 17.7. The molecule has 4 amide bonds. The van der Waals surface area contributed by atoms with Gasteiger partial charge in [0.2, 0.25) is 0 Å². The molecule has 15 heteroatoms. The Morgan fingerprint density at radius 1 is 0.962 bits per heavy atom. The number of methoxy groups -OCH3 is 1. The Morgan fingerprint density at radius 3 is 2.30 bits per heavy atom. The highest BCUT2D eigenvalue weighted by molar-refractivity contribution is 7.22. The second-order valence-electron chi connectivity index (χ2n) is 14.0. The van der Waals surface area contributed by atoms with Gasteiger partial charge in [0.15, 0.2) is 11.6 Å². The van der Waals surface area contributed by atoms with Crippen LogP contribution in [0, 0.1) is 5.82 Å². The van der Waals surface area contributed by atoms with Crippen LogP contribution in [0.1, 0.15) is 61.0 Å². The number of hydrogen-bond donors (Lipinski definition) is 2. The Bertz CT molecular complexity index is 1870. The Morgan fingerprint density at radius 2 is 1.68 bits per heavy atom. The topological polar surface area (TPSA) is 144 Å². The number of nitrogens with zero attached hydrogens (tertiary/aromatic N) is 4. The number of aromatic nitrogens is 2. The summed E-state index contributed by atoms with van der Waals surface area (Å²) in [6, 6.07) is 10.7. The van der Waals surface area contributed by atoms with Gasteiger partial charge in [-0.3, -0.25) is 9.97 Å². The molecule has 5 rings (SSSR count). The normalized spacial score (nSPS) is 13.0. The van der Waals surface area contributed by atoms with Crippen LogP contribution in [-0.2, 0) is 20.8 Å². The van der Waals surface area contributed by atoms with Crippen molar-refractivity contribution in [3.8, 4) is 22.1 Å². The summed E-state index contributed by atoms with van der Waals surface area (Å²) in [6.45, 7) is 16.5. The van der Waals surface area contributed by atoms with E-state index in [1.807, 2.05) is 52.8 Å². The van der Waals surface area contributed by atoms with E-state index in [1.165, 1.54) is 34.4 Å². The van der Waals surface area contributed by atoms with Crippen LogP contribution >= 0.6 is 11.3 Å².